The van der Waals surface area contributed by atoms with Gasteiger partial charge in [0.05, 0.1) is 0 Å². The van der Waals surface area contributed by atoms with Crippen molar-refractivity contribution in [2.45, 2.75) is 36.9 Å². The van der Waals surface area contributed by atoms with E-state index in [1.807, 2.05) is 11.3 Å². The van der Waals surface area contributed by atoms with Crippen molar-refractivity contribution in [2.75, 3.05) is 0 Å². The standard InChI is InChI=1S/C15H17BrS/c16-14-7-3-1-5-11(14)9-12-10-17-15-8-4-2-6-13(12)15/h2,4,6,8,10-11,14H,1,3,5,7,9H2. The van der Waals surface area contributed by atoms with Crippen molar-refractivity contribution in [3.63, 3.8) is 0 Å². The minimum absolute atomic E-state index is 0.731. The number of halogens is 1. The molecule has 1 heterocycles. The van der Waals surface area contributed by atoms with Crippen LogP contribution >= 0.6 is 27.3 Å². The highest BCUT2D eigenvalue weighted by molar-refractivity contribution is 9.09. The Labute approximate surface area is 115 Å². The van der Waals surface area contributed by atoms with Crippen LogP contribution in [0.3, 0.4) is 0 Å². The largest absolute Gasteiger partial charge is 0.144 e. The molecule has 1 aromatic carbocycles. The van der Waals surface area contributed by atoms with Crippen molar-refractivity contribution < 1.29 is 0 Å². The Morgan fingerprint density at radius 2 is 2.00 bits per heavy atom. The van der Waals surface area contributed by atoms with E-state index in [1.54, 1.807) is 5.56 Å². The van der Waals surface area contributed by atoms with Gasteiger partial charge in [-0.15, -0.1) is 11.3 Å². The lowest BCUT2D eigenvalue weighted by atomic mass is 9.85. The molecule has 2 heteroatoms. The smallest absolute Gasteiger partial charge is 0.0345 e. The molecule has 1 aliphatic carbocycles. The minimum Gasteiger partial charge on any atom is -0.144 e. The molecule has 1 aromatic heterocycles. The van der Waals surface area contributed by atoms with Gasteiger partial charge in [-0.25, -0.2) is 0 Å². The summed E-state index contributed by atoms with van der Waals surface area (Å²) in [7, 11) is 0. The zero-order chi connectivity index (χ0) is 11.7. The molecule has 2 unspecified atom stereocenters. The number of rotatable bonds is 2. The van der Waals surface area contributed by atoms with E-state index < -0.39 is 0 Å². The van der Waals surface area contributed by atoms with Gasteiger partial charge in [0, 0.05) is 9.53 Å². The fourth-order valence-corrected chi connectivity index (χ4v) is 4.62. The summed E-state index contributed by atoms with van der Waals surface area (Å²) in [6, 6.07) is 8.80. The van der Waals surface area contributed by atoms with Gasteiger partial charge >= 0.3 is 0 Å². The molecule has 1 aliphatic rings. The van der Waals surface area contributed by atoms with Gasteiger partial charge in [-0.05, 0) is 47.6 Å². The van der Waals surface area contributed by atoms with E-state index in [4.69, 9.17) is 0 Å². The van der Waals surface area contributed by atoms with Gasteiger partial charge in [0.2, 0.25) is 0 Å². The van der Waals surface area contributed by atoms with E-state index in [1.165, 1.54) is 42.2 Å². The van der Waals surface area contributed by atoms with Crippen LogP contribution in [-0.2, 0) is 6.42 Å². The fraction of sp³-hybridized carbons (Fsp3) is 0.467. The van der Waals surface area contributed by atoms with Crippen molar-refractivity contribution in [3.8, 4) is 0 Å². The summed E-state index contributed by atoms with van der Waals surface area (Å²) < 4.78 is 1.43. The first kappa shape index (κ1) is 11.7. The molecule has 0 N–H and O–H groups in total. The molecule has 2 aromatic rings. The lowest BCUT2D eigenvalue weighted by Gasteiger charge is -2.27. The van der Waals surface area contributed by atoms with Crippen LogP contribution in [0, 0.1) is 5.92 Å². The SMILES string of the molecule is BrC1CCCCC1Cc1csc2ccccc12. The van der Waals surface area contributed by atoms with Gasteiger partial charge in [-0.2, -0.15) is 0 Å². The Morgan fingerprint density at radius 3 is 2.88 bits per heavy atom. The molecule has 0 nitrogen and oxygen atoms in total. The van der Waals surface area contributed by atoms with Gasteiger partial charge in [0.15, 0.2) is 0 Å². The Balaban J connectivity index is 1.84. The topological polar surface area (TPSA) is 0 Å². The maximum atomic E-state index is 3.87. The summed E-state index contributed by atoms with van der Waals surface area (Å²) in [5, 5.41) is 3.83. The molecule has 0 saturated heterocycles. The molecule has 0 spiro atoms. The maximum absolute atomic E-state index is 3.87. The molecule has 1 fully saturated rings. The average molecular weight is 309 g/mol. The molecule has 90 valence electrons. The molecular formula is C15H17BrS. The zero-order valence-electron chi connectivity index (χ0n) is 9.86. The van der Waals surface area contributed by atoms with Crippen LogP contribution in [0.15, 0.2) is 29.6 Å². The molecule has 2 atom stereocenters. The normalized spacial score (nSPS) is 25.2. The van der Waals surface area contributed by atoms with Crippen molar-refractivity contribution >= 4 is 37.4 Å². The fourth-order valence-electron chi connectivity index (χ4n) is 2.87. The second-order valence-electron chi connectivity index (χ2n) is 5.02. The van der Waals surface area contributed by atoms with Crippen molar-refractivity contribution in [2.24, 2.45) is 5.92 Å². The number of benzene rings is 1. The maximum Gasteiger partial charge on any atom is 0.0345 e. The monoisotopic (exact) mass is 308 g/mol. The van der Waals surface area contributed by atoms with Gasteiger partial charge in [0.1, 0.15) is 0 Å². The summed E-state index contributed by atoms with van der Waals surface area (Å²) >= 11 is 5.76. The highest BCUT2D eigenvalue weighted by Gasteiger charge is 2.23. The summed E-state index contributed by atoms with van der Waals surface area (Å²) in [5.41, 5.74) is 1.56. The van der Waals surface area contributed by atoms with Crippen LogP contribution in [0.2, 0.25) is 0 Å². The van der Waals surface area contributed by atoms with E-state index >= 15 is 0 Å². The van der Waals surface area contributed by atoms with Gasteiger partial charge in [0.25, 0.3) is 0 Å². The van der Waals surface area contributed by atoms with Crippen LogP contribution in [0.5, 0.6) is 0 Å². The summed E-state index contributed by atoms with van der Waals surface area (Å²) in [4.78, 5) is 0.731. The predicted molar refractivity (Wildman–Crippen MR) is 80.2 cm³/mol. The Morgan fingerprint density at radius 1 is 1.18 bits per heavy atom. The van der Waals surface area contributed by atoms with Crippen molar-refractivity contribution in [1.29, 1.82) is 0 Å². The third-order valence-corrected chi connectivity index (χ3v) is 6.08. The van der Waals surface area contributed by atoms with E-state index in [0.717, 1.165) is 10.7 Å². The molecule has 0 radical (unpaired) electrons. The minimum atomic E-state index is 0.731. The Hall–Kier alpha value is -0.340. The van der Waals surface area contributed by atoms with Crippen LogP contribution in [0.4, 0.5) is 0 Å². The molecule has 17 heavy (non-hydrogen) atoms. The Kier molecular flexibility index (Phi) is 3.53. The van der Waals surface area contributed by atoms with E-state index in [-0.39, 0.29) is 0 Å². The molecule has 3 rings (SSSR count). The van der Waals surface area contributed by atoms with Crippen molar-refractivity contribution in [3.05, 3.63) is 35.2 Å². The number of hydrogen-bond acceptors (Lipinski definition) is 1. The second kappa shape index (κ2) is 5.11. The lowest BCUT2D eigenvalue weighted by molar-refractivity contribution is 0.374. The van der Waals surface area contributed by atoms with Crippen LogP contribution in [-0.4, -0.2) is 4.83 Å². The van der Waals surface area contributed by atoms with Crippen LogP contribution < -0.4 is 0 Å². The summed E-state index contributed by atoms with van der Waals surface area (Å²) in [6.07, 6.45) is 6.80. The quantitative estimate of drug-likeness (QED) is 0.652. The van der Waals surface area contributed by atoms with E-state index in [2.05, 4.69) is 45.6 Å². The summed E-state index contributed by atoms with van der Waals surface area (Å²) in [6.45, 7) is 0. The number of hydrogen-bond donors (Lipinski definition) is 0. The molecule has 0 bridgehead atoms. The molecular weight excluding hydrogens is 292 g/mol. The van der Waals surface area contributed by atoms with E-state index in [9.17, 15) is 0 Å². The number of alkyl halides is 1. The molecule has 1 saturated carbocycles. The first-order valence-corrected chi connectivity index (χ1v) is 8.23. The highest BCUT2D eigenvalue weighted by atomic mass is 79.9. The second-order valence-corrected chi connectivity index (χ2v) is 7.11. The van der Waals surface area contributed by atoms with Crippen LogP contribution in [0.25, 0.3) is 10.1 Å². The van der Waals surface area contributed by atoms with E-state index in [0.29, 0.717) is 0 Å². The third kappa shape index (κ3) is 2.43. The number of fused-ring (bicyclic) bond motifs is 1. The predicted octanol–water partition coefficient (Wildman–Crippen LogP) is 5.40. The van der Waals surface area contributed by atoms with Gasteiger partial charge in [-0.1, -0.05) is 47.0 Å². The van der Waals surface area contributed by atoms with Crippen molar-refractivity contribution in [1.82, 2.24) is 0 Å². The molecule has 0 aliphatic heterocycles. The zero-order valence-corrected chi connectivity index (χ0v) is 12.3. The third-order valence-electron chi connectivity index (χ3n) is 3.86. The average Bonchev–Trinajstić information content (AvgIpc) is 2.76. The summed E-state index contributed by atoms with van der Waals surface area (Å²) in [5.74, 6) is 0.835. The lowest BCUT2D eigenvalue weighted by Crippen LogP contribution is -2.21. The molecule has 0 amide bonds. The number of thiophene rings is 1. The van der Waals surface area contributed by atoms with Gasteiger partial charge in [-0.3, -0.25) is 0 Å². The first-order valence-electron chi connectivity index (χ1n) is 6.44. The van der Waals surface area contributed by atoms with Crippen LogP contribution in [0.1, 0.15) is 31.2 Å². The van der Waals surface area contributed by atoms with Gasteiger partial charge < -0.3 is 0 Å². The highest BCUT2D eigenvalue weighted by Crippen LogP contribution is 2.35. The Bertz CT molecular complexity index is 502. The first-order chi connectivity index (χ1) is 8.34.